The summed E-state index contributed by atoms with van der Waals surface area (Å²) in [5, 5.41) is 0.425. The largest absolute Gasteiger partial charge is 0.486 e. The minimum absolute atomic E-state index is 0.233. The molecule has 0 bridgehead atoms. The van der Waals surface area contributed by atoms with Gasteiger partial charge in [-0.2, -0.15) is 0 Å². The smallest absolute Gasteiger partial charge is 0.339 e. The predicted molar refractivity (Wildman–Crippen MR) is 83.6 cm³/mol. The molecule has 2 heterocycles. The van der Waals surface area contributed by atoms with Crippen LogP contribution >= 0.6 is 11.6 Å². The first kappa shape index (κ1) is 15.4. The second-order valence-electron chi connectivity index (χ2n) is 4.98. The zero-order valence-electron chi connectivity index (χ0n) is 12.4. The lowest BCUT2D eigenvalue weighted by Crippen LogP contribution is -2.21. The Morgan fingerprint density at radius 1 is 1.30 bits per heavy atom. The van der Waals surface area contributed by atoms with Crippen molar-refractivity contribution in [2.45, 2.75) is 6.54 Å². The van der Waals surface area contributed by atoms with Crippen LogP contribution in [0, 0.1) is 0 Å². The molecule has 0 spiro atoms. The minimum Gasteiger partial charge on any atom is -0.486 e. The number of benzene rings is 1. The molecule has 1 aliphatic heterocycles. The standard InChI is InChI=1S/C16H14ClNO5/c1-21-16(20)11-2-3-14(19)18(9-11)8-10-6-12(17)15-13(7-10)22-4-5-23-15/h2-3,6-7,9H,4-5,8H2,1H3. The number of hydrogen-bond acceptors (Lipinski definition) is 5. The zero-order valence-corrected chi connectivity index (χ0v) is 13.1. The van der Waals surface area contributed by atoms with E-state index in [0.29, 0.717) is 35.3 Å². The van der Waals surface area contributed by atoms with E-state index in [1.807, 2.05) is 0 Å². The maximum atomic E-state index is 12.0. The Bertz CT molecular complexity index is 815. The Hall–Kier alpha value is -2.47. The molecule has 0 aliphatic carbocycles. The highest BCUT2D eigenvalue weighted by Crippen LogP contribution is 2.38. The molecule has 0 radical (unpaired) electrons. The lowest BCUT2D eigenvalue weighted by molar-refractivity contribution is 0.0599. The van der Waals surface area contributed by atoms with Gasteiger partial charge in [0.25, 0.3) is 5.56 Å². The lowest BCUT2D eigenvalue weighted by Gasteiger charge is -2.20. The van der Waals surface area contributed by atoms with E-state index in [1.54, 1.807) is 12.1 Å². The fraction of sp³-hybridized carbons (Fsp3) is 0.250. The first-order chi connectivity index (χ1) is 11.1. The van der Waals surface area contributed by atoms with Crippen LogP contribution in [0.3, 0.4) is 0 Å². The number of halogens is 1. The number of nitrogens with zero attached hydrogens (tertiary/aromatic N) is 1. The summed E-state index contributed by atoms with van der Waals surface area (Å²) in [5.41, 5.74) is 0.836. The topological polar surface area (TPSA) is 66.8 Å². The highest BCUT2D eigenvalue weighted by molar-refractivity contribution is 6.32. The maximum Gasteiger partial charge on any atom is 0.339 e. The van der Waals surface area contributed by atoms with Crippen molar-refractivity contribution in [3.8, 4) is 11.5 Å². The molecule has 7 heteroatoms. The van der Waals surface area contributed by atoms with Crippen LogP contribution < -0.4 is 15.0 Å². The fourth-order valence-corrected chi connectivity index (χ4v) is 2.63. The maximum absolute atomic E-state index is 12.0. The van der Waals surface area contributed by atoms with E-state index < -0.39 is 5.97 Å². The lowest BCUT2D eigenvalue weighted by atomic mass is 10.2. The van der Waals surface area contributed by atoms with E-state index in [2.05, 4.69) is 4.74 Å². The second kappa shape index (κ2) is 6.34. The number of pyridine rings is 1. The molecular formula is C16H14ClNO5. The number of hydrogen-bond donors (Lipinski definition) is 0. The van der Waals surface area contributed by atoms with E-state index >= 15 is 0 Å². The van der Waals surface area contributed by atoms with Crippen molar-refractivity contribution >= 4 is 17.6 Å². The monoisotopic (exact) mass is 335 g/mol. The van der Waals surface area contributed by atoms with Gasteiger partial charge in [0.15, 0.2) is 11.5 Å². The third kappa shape index (κ3) is 3.17. The first-order valence-corrected chi connectivity index (χ1v) is 7.33. The third-order valence-corrected chi connectivity index (χ3v) is 3.69. The van der Waals surface area contributed by atoms with Crippen LogP contribution in [-0.2, 0) is 11.3 Å². The molecule has 6 nitrogen and oxygen atoms in total. The average molecular weight is 336 g/mol. The van der Waals surface area contributed by atoms with Crippen molar-refractivity contribution in [3.05, 3.63) is 57.0 Å². The van der Waals surface area contributed by atoms with E-state index in [1.165, 1.54) is 30.0 Å². The Labute approximate surface area is 137 Å². The first-order valence-electron chi connectivity index (χ1n) is 6.95. The van der Waals surface area contributed by atoms with E-state index in [4.69, 9.17) is 21.1 Å². The van der Waals surface area contributed by atoms with Crippen LogP contribution in [0.5, 0.6) is 11.5 Å². The number of ether oxygens (including phenoxy) is 3. The van der Waals surface area contributed by atoms with Gasteiger partial charge < -0.3 is 18.8 Å². The molecule has 0 atom stereocenters. The van der Waals surface area contributed by atoms with Crippen molar-refractivity contribution in [3.63, 3.8) is 0 Å². The fourth-order valence-electron chi connectivity index (χ4n) is 2.35. The van der Waals surface area contributed by atoms with Gasteiger partial charge in [0.05, 0.1) is 24.2 Å². The molecule has 23 heavy (non-hydrogen) atoms. The van der Waals surface area contributed by atoms with Crippen LogP contribution in [0.4, 0.5) is 0 Å². The molecule has 1 aromatic carbocycles. The summed E-state index contributed by atoms with van der Waals surface area (Å²) in [6.07, 6.45) is 1.46. The molecule has 1 aromatic heterocycles. The van der Waals surface area contributed by atoms with Gasteiger partial charge in [-0.1, -0.05) is 11.6 Å². The van der Waals surface area contributed by atoms with Crippen molar-refractivity contribution in [2.24, 2.45) is 0 Å². The van der Waals surface area contributed by atoms with E-state index in [-0.39, 0.29) is 12.1 Å². The summed E-state index contributed by atoms with van der Waals surface area (Å²) < 4.78 is 17.1. The quantitative estimate of drug-likeness (QED) is 0.804. The molecule has 0 unspecified atom stereocenters. The van der Waals surface area contributed by atoms with Crippen LogP contribution in [0.25, 0.3) is 0 Å². The third-order valence-electron chi connectivity index (χ3n) is 3.41. The summed E-state index contributed by atoms with van der Waals surface area (Å²) in [4.78, 5) is 23.6. The number of methoxy groups -OCH3 is 1. The van der Waals surface area contributed by atoms with Crippen LogP contribution in [0.15, 0.2) is 35.3 Å². The SMILES string of the molecule is COC(=O)c1ccc(=O)n(Cc2cc(Cl)c3c(c2)OCCO3)c1. The number of carbonyl (C=O) groups is 1. The van der Waals surface area contributed by atoms with Gasteiger partial charge in [-0.15, -0.1) is 0 Å². The minimum atomic E-state index is -0.501. The van der Waals surface area contributed by atoms with Gasteiger partial charge in [-0.05, 0) is 23.8 Å². The average Bonchev–Trinajstić information content (AvgIpc) is 2.56. The van der Waals surface area contributed by atoms with Crippen molar-refractivity contribution in [2.75, 3.05) is 20.3 Å². The number of carbonyl (C=O) groups excluding carboxylic acids is 1. The van der Waals surface area contributed by atoms with Gasteiger partial charge >= 0.3 is 5.97 Å². The summed E-state index contributed by atoms with van der Waals surface area (Å²) in [6.45, 7) is 1.15. The van der Waals surface area contributed by atoms with Crippen molar-refractivity contribution < 1.29 is 19.0 Å². The van der Waals surface area contributed by atoms with Gasteiger partial charge in [-0.25, -0.2) is 4.79 Å². The summed E-state index contributed by atoms with van der Waals surface area (Å²) in [7, 11) is 1.29. The number of fused-ring (bicyclic) bond motifs is 1. The molecular weight excluding hydrogens is 322 g/mol. The highest BCUT2D eigenvalue weighted by Gasteiger charge is 2.17. The van der Waals surface area contributed by atoms with Gasteiger partial charge in [0, 0.05) is 12.3 Å². The van der Waals surface area contributed by atoms with Gasteiger partial charge in [-0.3, -0.25) is 4.79 Å². The molecule has 1 aliphatic rings. The number of rotatable bonds is 3. The van der Waals surface area contributed by atoms with Gasteiger partial charge in [0.2, 0.25) is 0 Å². The highest BCUT2D eigenvalue weighted by atomic mass is 35.5. The Morgan fingerprint density at radius 2 is 2.09 bits per heavy atom. The molecule has 0 amide bonds. The molecule has 0 fully saturated rings. The van der Waals surface area contributed by atoms with Crippen molar-refractivity contribution in [1.82, 2.24) is 4.57 Å². The molecule has 0 saturated heterocycles. The molecule has 2 aromatic rings. The second-order valence-corrected chi connectivity index (χ2v) is 5.38. The van der Waals surface area contributed by atoms with Crippen LogP contribution in [0.1, 0.15) is 15.9 Å². The Kier molecular flexibility index (Phi) is 4.25. The van der Waals surface area contributed by atoms with Crippen LogP contribution in [0.2, 0.25) is 5.02 Å². The predicted octanol–water partition coefficient (Wildman–Crippen LogP) is 2.11. The molecule has 120 valence electrons. The summed E-state index contributed by atoms with van der Waals surface area (Å²) in [5.74, 6) is 0.562. The zero-order chi connectivity index (χ0) is 16.4. The molecule has 0 saturated carbocycles. The van der Waals surface area contributed by atoms with E-state index in [0.717, 1.165) is 5.56 Å². The summed E-state index contributed by atoms with van der Waals surface area (Å²) in [6, 6.07) is 6.25. The molecule has 3 rings (SSSR count). The normalized spacial score (nSPS) is 12.8. The summed E-state index contributed by atoms with van der Waals surface area (Å²) >= 11 is 6.19. The van der Waals surface area contributed by atoms with Gasteiger partial charge in [0.1, 0.15) is 13.2 Å². The van der Waals surface area contributed by atoms with Crippen molar-refractivity contribution in [1.29, 1.82) is 0 Å². The molecule has 0 N–H and O–H groups in total. The Morgan fingerprint density at radius 3 is 2.87 bits per heavy atom. The Balaban J connectivity index is 1.94. The number of aromatic nitrogens is 1. The number of esters is 1. The van der Waals surface area contributed by atoms with Crippen LogP contribution in [-0.4, -0.2) is 30.9 Å². The van der Waals surface area contributed by atoms with E-state index in [9.17, 15) is 9.59 Å².